The van der Waals surface area contributed by atoms with E-state index < -0.39 is 0 Å². The number of hydrogen-bond acceptors (Lipinski definition) is 7. The highest BCUT2D eigenvalue weighted by atomic mass is 16.5. The molecule has 1 unspecified atom stereocenters. The first-order valence-electron chi connectivity index (χ1n) is 8.88. The minimum Gasteiger partial charge on any atom is -0.481 e. The summed E-state index contributed by atoms with van der Waals surface area (Å²) in [5, 5.41) is 4.39. The van der Waals surface area contributed by atoms with E-state index in [2.05, 4.69) is 15.1 Å². The summed E-state index contributed by atoms with van der Waals surface area (Å²) >= 11 is 0. The van der Waals surface area contributed by atoms with E-state index in [1.165, 1.54) is 25.0 Å². The number of hydrogen-bond donors (Lipinski definition) is 0. The van der Waals surface area contributed by atoms with Crippen LogP contribution in [0.3, 0.4) is 0 Å². The van der Waals surface area contributed by atoms with Gasteiger partial charge in [-0.15, -0.1) is 0 Å². The Balaban J connectivity index is 1.85. The summed E-state index contributed by atoms with van der Waals surface area (Å²) in [6.45, 7) is 3.56. The Morgan fingerprint density at radius 2 is 2.07 bits per heavy atom. The average molecular weight is 376 g/mol. The van der Waals surface area contributed by atoms with Gasteiger partial charge in [0, 0.05) is 38.7 Å². The number of piperidine rings is 1. The fourth-order valence-corrected chi connectivity index (χ4v) is 3.37. The summed E-state index contributed by atoms with van der Waals surface area (Å²) in [7, 11) is 4.55. The summed E-state index contributed by atoms with van der Waals surface area (Å²) in [5.74, 6) is 0.769. The first-order valence-corrected chi connectivity index (χ1v) is 8.88. The third kappa shape index (κ3) is 3.64. The molecule has 27 heavy (non-hydrogen) atoms. The number of likely N-dealkylation sites (tertiary alicyclic amines) is 1. The van der Waals surface area contributed by atoms with Gasteiger partial charge in [0.15, 0.2) is 0 Å². The van der Waals surface area contributed by atoms with E-state index in [1.807, 2.05) is 6.92 Å². The number of rotatable bonds is 5. The molecule has 0 aliphatic carbocycles. The topological polar surface area (TPSA) is 104 Å². The zero-order valence-corrected chi connectivity index (χ0v) is 16.0. The molecule has 2 aromatic heterocycles. The quantitative estimate of drug-likeness (QED) is 0.745. The molecule has 0 aromatic carbocycles. The van der Waals surface area contributed by atoms with Crippen LogP contribution in [-0.4, -0.2) is 62.4 Å². The van der Waals surface area contributed by atoms with Gasteiger partial charge in [0.05, 0.1) is 14.2 Å². The summed E-state index contributed by atoms with van der Waals surface area (Å²) < 4.78 is 13.2. The van der Waals surface area contributed by atoms with Crippen LogP contribution < -0.4 is 15.2 Å². The van der Waals surface area contributed by atoms with E-state index in [4.69, 9.17) is 9.47 Å². The van der Waals surface area contributed by atoms with Crippen molar-refractivity contribution in [1.82, 2.24) is 29.2 Å². The SMILES string of the molecule is CCn1c(C2CCCN(C(=O)c3cc(OC)nc(OC)n3)C2)nn(C)c1=O. The Morgan fingerprint density at radius 3 is 2.74 bits per heavy atom. The van der Waals surface area contributed by atoms with Crippen LogP contribution >= 0.6 is 0 Å². The lowest BCUT2D eigenvalue weighted by Gasteiger charge is -2.32. The average Bonchev–Trinajstić information content (AvgIpc) is 3.00. The number of aryl methyl sites for hydroxylation is 1. The van der Waals surface area contributed by atoms with Crippen molar-refractivity contribution in [2.24, 2.45) is 7.05 Å². The third-order valence-corrected chi connectivity index (χ3v) is 4.72. The molecule has 1 atom stereocenters. The van der Waals surface area contributed by atoms with Gasteiger partial charge in [0.25, 0.3) is 5.91 Å². The van der Waals surface area contributed by atoms with Crippen molar-refractivity contribution in [3.05, 3.63) is 28.1 Å². The standard InChI is InChI=1S/C17H24N6O4/c1-5-23-14(20-21(2)17(23)25)11-7-6-8-22(10-11)15(24)12-9-13(26-3)19-16(18-12)27-4/h9,11H,5-8,10H2,1-4H3. The summed E-state index contributed by atoms with van der Waals surface area (Å²) in [4.78, 5) is 35.0. The molecule has 1 fully saturated rings. The van der Waals surface area contributed by atoms with Crippen LogP contribution in [0.4, 0.5) is 0 Å². The molecule has 3 heterocycles. The van der Waals surface area contributed by atoms with Crippen molar-refractivity contribution < 1.29 is 14.3 Å². The fraction of sp³-hybridized carbons (Fsp3) is 0.588. The van der Waals surface area contributed by atoms with Crippen LogP contribution in [0.5, 0.6) is 11.9 Å². The molecule has 0 saturated carbocycles. The number of aromatic nitrogens is 5. The minimum absolute atomic E-state index is 0.00202. The first-order chi connectivity index (χ1) is 13.0. The summed E-state index contributed by atoms with van der Waals surface area (Å²) in [5.41, 5.74) is 0.0782. The molecular formula is C17H24N6O4. The predicted molar refractivity (Wildman–Crippen MR) is 96.2 cm³/mol. The number of amides is 1. The maximum absolute atomic E-state index is 13.0. The van der Waals surface area contributed by atoms with Crippen molar-refractivity contribution in [2.45, 2.75) is 32.2 Å². The van der Waals surface area contributed by atoms with Crippen molar-refractivity contribution in [3.8, 4) is 11.9 Å². The van der Waals surface area contributed by atoms with E-state index >= 15 is 0 Å². The maximum Gasteiger partial charge on any atom is 0.345 e. The molecule has 0 N–H and O–H groups in total. The highest BCUT2D eigenvalue weighted by molar-refractivity contribution is 5.92. The van der Waals surface area contributed by atoms with Crippen LogP contribution in [0.25, 0.3) is 0 Å². The molecule has 1 amide bonds. The molecule has 1 saturated heterocycles. The molecule has 10 nitrogen and oxygen atoms in total. The van der Waals surface area contributed by atoms with Crippen molar-refractivity contribution >= 4 is 5.91 Å². The van der Waals surface area contributed by atoms with Gasteiger partial charge in [0.1, 0.15) is 11.5 Å². The lowest BCUT2D eigenvalue weighted by Crippen LogP contribution is -2.40. The van der Waals surface area contributed by atoms with E-state index in [9.17, 15) is 9.59 Å². The van der Waals surface area contributed by atoms with Gasteiger partial charge in [-0.1, -0.05) is 0 Å². The molecule has 10 heteroatoms. The number of carbonyl (C=O) groups is 1. The predicted octanol–water partition coefficient (Wildman–Crippen LogP) is 0.429. The van der Waals surface area contributed by atoms with E-state index in [0.29, 0.717) is 19.6 Å². The second-order valence-electron chi connectivity index (χ2n) is 6.38. The Hall–Kier alpha value is -2.91. The second kappa shape index (κ2) is 7.77. The Bertz CT molecular complexity index is 868. The molecule has 0 bridgehead atoms. The van der Waals surface area contributed by atoms with Crippen LogP contribution in [0.15, 0.2) is 10.9 Å². The molecule has 2 aromatic rings. The van der Waals surface area contributed by atoms with E-state index in [0.717, 1.165) is 18.7 Å². The molecule has 0 radical (unpaired) electrons. The first kappa shape index (κ1) is 18.9. The van der Waals surface area contributed by atoms with Crippen LogP contribution in [0.1, 0.15) is 42.0 Å². The van der Waals surface area contributed by atoms with E-state index in [-0.39, 0.29) is 35.1 Å². The van der Waals surface area contributed by atoms with Gasteiger partial charge >= 0.3 is 11.7 Å². The number of nitrogens with zero attached hydrogens (tertiary/aromatic N) is 6. The van der Waals surface area contributed by atoms with Crippen LogP contribution in [0.2, 0.25) is 0 Å². The zero-order valence-electron chi connectivity index (χ0n) is 16.0. The maximum atomic E-state index is 13.0. The minimum atomic E-state index is -0.222. The Morgan fingerprint density at radius 1 is 1.30 bits per heavy atom. The lowest BCUT2D eigenvalue weighted by molar-refractivity contribution is 0.0695. The van der Waals surface area contributed by atoms with Crippen molar-refractivity contribution in [3.63, 3.8) is 0 Å². The molecule has 146 valence electrons. The largest absolute Gasteiger partial charge is 0.481 e. The van der Waals surface area contributed by atoms with Gasteiger partial charge in [-0.2, -0.15) is 15.1 Å². The molecular weight excluding hydrogens is 352 g/mol. The fourth-order valence-electron chi connectivity index (χ4n) is 3.37. The number of ether oxygens (including phenoxy) is 2. The Labute approximate surface area is 156 Å². The van der Waals surface area contributed by atoms with Gasteiger partial charge in [-0.25, -0.2) is 9.48 Å². The molecule has 1 aliphatic heterocycles. The highest BCUT2D eigenvalue weighted by Crippen LogP contribution is 2.26. The molecule has 0 spiro atoms. The highest BCUT2D eigenvalue weighted by Gasteiger charge is 2.30. The zero-order chi connectivity index (χ0) is 19.6. The van der Waals surface area contributed by atoms with Crippen LogP contribution in [0, 0.1) is 0 Å². The second-order valence-corrected chi connectivity index (χ2v) is 6.38. The number of methoxy groups -OCH3 is 2. The van der Waals surface area contributed by atoms with Gasteiger partial charge < -0.3 is 14.4 Å². The summed E-state index contributed by atoms with van der Waals surface area (Å²) in [6.07, 6.45) is 1.70. The Kier molecular flexibility index (Phi) is 5.43. The van der Waals surface area contributed by atoms with Crippen LogP contribution in [-0.2, 0) is 13.6 Å². The summed E-state index contributed by atoms with van der Waals surface area (Å²) in [6, 6.07) is 1.58. The third-order valence-electron chi connectivity index (χ3n) is 4.72. The van der Waals surface area contributed by atoms with Gasteiger partial charge in [0.2, 0.25) is 5.88 Å². The lowest BCUT2D eigenvalue weighted by atomic mass is 9.97. The van der Waals surface area contributed by atoms with Gasteiger partial charge in [-0.3, -0.25) is 9.36 Å². The molecule has 3 rings (SSSR count). The van der Waals surface area contributed by atoms with E-state index in [1.54, 1.807) is 16.5 Å². The smallest absolute Gasteiger partial charge is 0.345 e. The van der Waals surface area contributed by atoms with Crippen molar-refractivity contribution in [1.29, 1.82) is 0 Å². The number of carbonyl (C=O) groups excluding carboxylic acids is 1. The normalized spacial score (nSPS) is 17.0. The molecule has 1 aliphatic rings. The monoisotopic (exact) mass is 376 g/mol. The van der Waals surface area contributed by atoms with Crippen molar-refractivity contribution in [2.75, 3.05) is 27.3 Å². The van der Waals surface area contributed by atoms with Gasteiger partial charge in [-0.05, 0) is 19.8 Å².